The summed E-state index contributed by atoms with van der Waals surface area (Å²) in [5.74, 6) is 0. The Hall–Kier alpha value is -1.12. The lowest BCUT2D eigenvalue weighted by atomic mass is 10.4. The zero-order chi connectivity index (χ0) is 6.69. The maximum atomic E-state index is 3.66. The average Bonchev–Trinajstić information content (AvgIpc) is 2.37. The minimum atomic E-state index is 1.14. The molecule has 0 fully saturated rings. The van der Waals surface area contributed by atoms with Gasteiger partial charge < -0.3 is 0 Å². The van der Waals surface area contributed by atoms with Gasteiger partial charge in [0.25, 0.3) is 0 Å². The second-order valence-corrected chi connectivity index (χ2v) is 1.80. The summed E-state index contributed by atoms with van der Waals surface area (Å²) in [6, 6.07) is 0. The Morgan fingerprint density at radius 1 is 1.44 bits per heavy atom. The summed E-state index contributed by atoms with van der Waals surface area (Å²) in [6.07, 6.45) is 5.36. The Morgan fingerprint density at radius 3 is 2.44 bits per heavy atom. The summed E-state index contributed by atoms with van der Waals surface area (Å²) in [4.78, 5) is 0. The van der Waals surface area contributed by atoms with E-state index in [0.717, 1.165) is 5.70 Å². The number of hydrogen-bond acceptors (Lipinski definition) is 2. The van der Waals surface area contributed by atoms with Gasteiger partial charge in [-0.05, 0) is 13.8 Å². The lowest BCUT2D eigenvalue weighted by Gasteiger charge is -1.95. The summed E-state index contributed by atoms with van der Waals surface area (Å²) in [5, 5.41) is 7.33. The van der Waals surface area contributed by atoms with Crippen molar-refractivity contribution >= 4 is 5.70 Å². The van der Waals surface area contributed by atoms with Crippen molar-refractivity contribution in [1.29, 1.82) is 0 Å². The molecule has 0 radical (unpaired) electrons. The van der Waals surface area contributed by atoms with Gasteiger partial charge in [-0.2, -0.15) is 0 Å². The SMILES string of the molecule is CC=C(C)n1cnnc1. The molecule has 0 saturated heterocycles. The minimum Gasteiger partial charge on any atom is -0.293 e. The molecule has 3 heteroatoms. The fourth-order valence-corrected chi connectivity index (χ4v) is 0.532. The Balaban J connectivity index is 2.90. The van der Waals surface area contributed by atoms with Crippen molar-refractivity contribution in [1.82, 2.24) is 14.8 Å². The van der Waals surface area contributed by atoms with E-state index in [0.29, 0.717) is 0 Å². The van der Waals surface area contributed by atoms with Gasteiger partial charge in [0, 0.05) is 5.70 Å². The number of rotatable bonds is 1. The van der Waals surface area contributed by atoms with Gasteiger partial charge >= 0.3 is 0 Å². The third kappa shape index (κ3) is 1.16. The summed E-state index contributed by atoms with van der Waals surface area (Å²) in [7, 11) is 0. The summed E-state index contributed by atoms with van der Waals surface area (Å²) in [5.41, 5.74) is 1.14. The molecule has 1 rings (SSSR count). The average molecular weight is 123 g/mol. The van der Waals surface area contributed by atoms with E-state index >= 15 is 0 Å². The first kappa shape index (κ1) is 6.01. The smallest absolute Gasteiger partial charge is 0.123 e. The molecule has 48 valence electrons. The van der Waals surface area contributed by atoms with Gasteiger partial charge in [-0.3, -0.25) is 4.57 Å². The lowest BCUT2D eigenvalue weighted by Crippen LogP contribution is -1.86. The van der Waals surface area contributed by atoms with Crippen molar-refractivity contribution in [2.75, 3.05) is 0 Å². The van der Waals surface area contributed by atoms with Crippen LogP contribution in [0.15, 0.2) is 18.7 Å². The first-order valence-electron chi connectivity index (χ1n) is 2.82. The maximum Gasteiger partial charge on any atom is 0.123 e. The zero-order valence-corrected chi connectivity index (χ0v) is 5.57. The van der Waals surface area contributed by atoms with E-state index in [4.69, 9.17) is 0 Å². The van der Waals surface area contributed by atoms with Crippen LogP contribution >= 0.6 is 0 Å². The maximum absolute atomic E-state index is 3.66. The van der Waals surface area contributed by atoms with E-state index in [2.05, 4.69) is 10.2 Å². The first-order valence-corrected chi connectivity index (χ1v) is 2.82. The molecule has 1 heterocycles. The molecular weight excluding hydrogens is 114 g/mol. The third-order valence-electron chi connectivity index (χ3n) is 1.24. The molecule has 0 N–H and O–H groups in total. The van der Waals surface area contributed by atoms with Crippen molar-refractivity contribution in [2.45, 2.75) is 13.8 Å². The third-order valence-corrected chi connectivity index (χ3v) is 1.24. The van der Waals surface area contributed by atoms with Crippen LogP contribution in [-0.2, 0) is 0 Å². The molecule has 0 bridgehead atoms. The Kier molecular flexibility index (Phi) is 1.63. The number of nitrogens with zero attached hydrogens (tertiary/aromatic N) is 3. The molecule has 0 unspecified atom stereocenters. The molecule has 0 atom stereocenters. The van der Waals surface area contributed by atoms with E-state index < -0.39 is 0 Å². The van der Waals surface area contributed by atoms with Crippen LogP contribution in [0.2, 0.25) is 0 Å². The van der Waals surface area contributed by atoms with Crippen LogP contribution in [0.3, 0.4) is 0 Å². The van der Waals surface area contributed by atoms with Crippen LogP contribution in [0, 0.1) is 0 Å². The van der Waals surface area contributed by atoms with Crippen molar-refractivity contribution < 1.29 is 0 Å². The predicted molar refractivity (Wildman–Crippen MR) is 35.6 cm³/mol. The van der Waals surface area contributed by atoms with E-state index in [9.17, 15) is 0 Å². The van der Waals surface area contributed by atoms with Gasteiger partial charge in [0.05, 0.1) is 0 Å². The van der Waals surface area contributed by atoms with E-state index in [1.807, 2.05) is 24.5 Å². The summed E-state index contributed by atoms with van der Waals surface area (Å²) < 4.78 is 1.86. The Bertz CT molecular complexity index is 198. The second-order valence-electron chi connectivity index (χ2n) is 1.80. The van der Waals surface area contributed by atoms with Crippen molar-refractivity contribution in [3.05, 3.63) is 18.7 Å². The van der Waals surface area contributed by atoms with Crippen LogP contribution < -0.4 is 0 Å². The highest BCUT2D eigenvalue weighted by Gasteiger charge is 1.87. The molecule has 0 aliphatic rings. The number of aromatic nitrogens is 3. The monoisotopic (exact) mass is 123 g/mol. The summed E-state index contributed by atoms with van der Waals surface area (Å²) >= 11 is 0. The summed E-state index contributed by atoms with van der Waals surface area (Å²) in [6.45, 7) is 3.98. The van der Waals surface area contributed by atoms with E-state index in [1.54, 1.807) is 12.7 Å². The highest BCUT2D eigenvalue weighted by atomic mass is 15.2. The van der Waals surface area contributed by atoms with Gasteiger partial charge in [0.15, 0.2) is 0 Å². The van der Waals surface area contributed by atoms with Gasteiger partial charge in [0.1, 0.15) is 12.7 Å². The van der Waals surface area contributed by atoms with E-state index in [1.165, 1.54) is 0 Å². The van der Waals surface area contributed by atoms with Crippen LogP contribution in [-0.4, -0.2) is 14.8 Å². The molecular formula is C6H9N3. The van der Waals surface area contributed by atoms with Crippen molar-refractivity contribution in [3.8, 4) is 0 Å². The molecule has 0 saturated carbocycles. The molecule has 0 aliphatic carbocycles. The van der Waals surface area contributed by atoms with Gasteiger partial charge in [-0.15, -0.1) is 10.2 Å². The quantitative estimate of drug-likeness (QED) is 0.561. The van der Waals surface area contributed by atoms with Crippen LogP contribution in [0.5, 0.6) is 0 Å². The van der Waals surface area contributed by atoms with Gasteiger partial charge in [0.2, 0.25) is 0 Å². The largest absolute Gasteiger partial charge is 0.293 e. The molecule has 0 spiro atoms. The second kappa shape index (κ2) is 2.44. The Morgan fingerprint density at radius 2 is 2.00 bits per heavy atom. The first-order chi connectivity index (χ1) is 4.34. The van der Waals surface area contributed by atoms with Crippen molar-refractivity contribution in [2.24, 2.45) is 0 Å². The molecule has 0 amide bonds. The molecule has 0 aliphatic heterocycles. The van der Waals surface area contributed by atoms with Crippen LogP contribution in [0.4, 0.5) is 0 Å². The fourth-order valence-electron chi connectivity index (χ4n) is 0.532. The molecule has 3 nitrogen and oxygen atoms in total. The van der Waals surface area contributed by atoms with Crippen molar-refractivity contribution in [3.63, 3.8) is 0 Å². The zero-order valence-electron chi connectivity index (χ0n) is 5.57. The van der Waals surface area contributed by atoms with Gasteiger partial charge in [-0.25, -0.2) is 0 Å². The molecule has 1 aromatic rings. The normalized spacial score (nSPS) is 12.0. The standard InChI is InChI=1S/C6H9N3/c1-3-6(2)9-4-7-8-5-9/h3-5H,1-2H3. The molecule has 1 aromatic heterocycles. The Labute approximate surface area is 54.0 Å². The highest BCUT2D eigenvalue weighted by Crippen LogP contribution is 1.97. The highest BCUT2D eigenvalue weighted by molar-refractivity contribution is 5.39. The molecule has 0 aromatic carbocycles. The number of allylic oxidation sites excluding steroid dienone is 2. The fraction of sp³-hybridized carbons (Fsp3) is 0.333. The van der Waals surface area contributed by atoms with Crippen LogP contribution in [0.1, 0.15) is 13.8 Å². The van der Waals surface area contributed by atoms with Gasteiger partial charge in [-0.1, -0.05) is 6.08 Å². The minimum absolute atomic E-state index is 1.14. The van der Waals surface area contributed by atoms with Crippen LogP contribution in [0.25, 0.3) is 5.70 Å². The molecule has 9 heavy (non-hydrogen) atoms. The lowest BCUT2D eigenvalue weighted by molar-refractivity contribution is 1.07. The topological polar surface area (TPSA) is 30.7 Å². The number of hydrogen-bond donors (Lipinski definition) is 0. The van der Waals surface area contributed by atoms with E-state index in [-0.39, 0.29) is 0 Å². The predicted octanol–water partition coefficient (Wildman–Crippen LogP) is 1.16.